The minimum Gasteiger partial charge on any atom is -0.399 e. The van der Waals surface area contributed by atoms with E-state index in [2.05, 4.69) is 5.32 Å². The molecule has 2 rings (SSSR count). The van der Waals surface area contributed by atoms with Gasteiger partial charge in [0.15, 0.2) is 0 Å². The third-order valence-corrected chi connectivity index (χ3v) is 3.91. The van der Waals surface area contributed by atoms with E-state index in [0.29, 0.717) is 15.7 Å². The summed E-state index contributed by atoms with van der Waals surface area (Å²) in [5.41, 5.74) is 9.95. The van der Waals surface area contributed by atoms with Crippen LogP contribution in [0.4, 0.5) is 11.4 Å². The first-order valence-corrected chi connectivity index (χ1v) is 7.23. The lowest BCUT2D eigenvalue weighted by atomic mass is 10.1. The highest BCUT2D eigenvalue weighted by Crippen LogP contribution is 2.25. The molecule has 0 fully saturated rings. The van der Waals surface area contributed by atoms with E-state index in [1.807, 2.05) is 26.0 Å². The van der Waals surface area contributed by atoms with Crippen LogP contribution in [0.25, 0.3) is 0 Å². The van der Waals surface area contributed by atoms with Crippen molar-refractivity contribution in [3.05, 3.63) is 57.1 Å². The van der Waals surface area contributed by atoms with Crippen LogP contribution in [0, 0.1) is 13.8 Å². The number of nitrogens with one attached hydrogen (secondary N) is 1. The molecule has 0 saturated heterocycles. The molecule has 1 amide bonds. The van der Waals surface area contributed by atoms with Gasteiger partial charge in [0.2, 0.25) is 5.91 Å². The second kappa shape index (κ2) is 6.37. The van der Waals surface area contributed by atoms with Gasteiger partial charge in [0.25, 0.3) is 0 Å². The van der Waals surface area contributed by atoms with E-state index >= 15 is 0 Å². The van der Waals surface area contributed by atoms with Crippen LogP contribution in [-0.4, -0.2) is 5.91 Å². The summed E-state index contributed by atoms with van der Waals surface area (Å²) in [4.78, 5) is 12.1. The fourth-order valence-electron chi connectivity index (χ4n) is 2.21. The molecule has 21 heavy (non-hydrogen) atoms. The molecule has 0 radical (unpaired) electrons. The Hall–Kier alpha value is -1.71. The monoisotopic (exact) mass is 322 g/mol. The smallest absolute Gasteiger partial charge is 0.228 e. The van der Waals surface area contributed by atoms with Crippen LogP contribution in [0.15, 0.2) is 30.3 Å². The number of nitrogen functional groups attached to an aromatic ring is 1. The second-order valence-corrected chi connectivity index (χ2v) is 5.82. The number of benzene rings is 2. The van der Waals surface area contributed by atoms with Gasteiger partial charge in [-0.05, 0) is 54.8 Å². The summed E-state index contributed by atoms with van der Waals surface area (Å²) < 4.78 is 0. The lowest BCUT2D eigenvalue weighted by molar-refractivity contribution is -0.115. The average molecular weight is 323 g/mol. The Morgan fingerprint density at radius 2 is 1.71 bits per heavy atom. The summed E-state index contributed by atoms with van der Waals surface area (Å²) in [6.07, 6.45) is 0.236. The number of carbonyl (C=O) groups excluding carboxylic acids is 1. The molecule has 2 aromatic carbocycles. The molecule has 110 valence electrons. The molecule has 2 aromatic rings. The van der Waals surface area contributed by atoms with Crippen molar-refractivity contribution < 1.29 is 4.79 Å². The molecule has 0 unspecified atom stereocenters. The zero-order chi connectivity index (χ0) is 15.6. The Labute approximate surface area is 134 Å². The molecule has 0 heterocycles. The van der Waals surface area contributed by atoms with Crippen molar-refractivity contribution in [1.29, 1.82) is 0 Å². The van der Waals surface area contributed by atoms with Crippen LogP contribution >= 0.6 is 23.2 Å². The summed E-state index contributed by atoms with van der Waals surface area (Å²) >= 11 is 11.8. The predicted octanol–water partition coefficient (Wildman–Crippen LogP) is 4.37. The molecule has 3 N–H and O–H groups in total. The fraction of sp³-hybridized carbons (Fsp3) is 0.188. The lowest BCUT2D eigenvalue weighted by Crippen LogP contribution is -2.16. The number of amides is 1. The van der Waals surface area contributed by atoms with Crippen molar-refractivity contribution in [3.8, 4) is 0 Å². The minimum atomic E-state index is -0.107. The summed E-state index contributed by atoms with van der Waals surface area (Å²) in [5.74, 6) is -0.107. The number of rotatable bonds is 3. The number of hydrogen-bond acceptors (Lipinski definition) is 2. The molecule has 0 spiro atoms. The number of aryl methyl sites for hydroxylation is 2. The minimum absolute atomic E-state index is 0.107. The van der Waals surface area contributed by atoms with Gasteiger partial charge in [-0.15, -0.1) is 0 Å². The first kappa shape index (κ1) is 15.7. The molecule has 0 bridgehead atoms. The van der Waals surface area contributed by atoms with Crippen LogP contribution < -0.4 is 11.1 Å². The third-order valence-electron chi connectivity index (χ3n) is 3.17. The topological polar surface area (TPSA) is 55.1 Å². The van der Waals surface area contributed by atoms with Gasteiger partial charge in [0.05, 0.1) is 16.5 Å². The first-order chi connectivity index (χ1) is 9.86. The molecule has 0 atom stereocenters. The van der Waals surface area contributed by atoms with E-state index < -0.39 is 0 Å². The molecular formula is C16H16Cl2N2O. The Balaban J connectivity index is 2.13. The Kier molecular flexibility index (Phi) is 4.76. The van der Waals surface area contributed by atoms with Crippen LogP contribution in [0.2, 0.25) is 10.0 Å². The molecule has 0 aliphatic carbocycles. The van der Waals surface area contributed by atoms with Crippen molar-refractivity contribution in [2.24, 2.45) is 0 Å². The highest BCUT2D eigenvalue weighted by atomic mass is 35.5. The van der Waals surface area contributed by atoms with E-state index in [1.54, 1.807) is 18.2 Å². The molecule has 5 heteroatoms. The summed E-state index contributed by atoms with van der Waals surface area (Å²) in [6, 6.07) is 8.85. The maximum Gasteiger partial charge on any atom is 0.228 e. The van der Waals surface area contributed by atoms with Crippen molar-refractivity contribution in [2.45, 2.75) is 20.3 Å². The van der Waals surface area contributed by atoms with E-state index in [1.165, 1.54) is 0 Å². The van der Waals surface area contributed by atoms with Crippen molar-refractivity contribution in [3.63, 3.8) is 0 Å². The maximum absolute atomic E-state index is 12.1. The van der Waals surface area contributed by atoms with Gasteiger partial charge in [0.1, 0.15) is 0 Å². The maximum atomic E-state index is 12.1. The molecule has 0 aliphatic heterocycles. The number of hydrogen-bond donors (Lipinski definition) is 2. The van der Waals surface area contributed by atoms with Gasteiger partial charge < -0.3 is 11.1 Å². The molecule has 0 aliphatic rings. The van der Waals surface area contributed by atoms with E-state index in [9.17, 15) is 4.79 Å². The van der Waals surface area contributed by atoms with Crippen LogP contribution in [0.3, 0.4) is 0 Å². The van der Waals surface area contributed by atoms with Gasteiger partial charge in [-0.2, -0.15) is 0 Å². The fourth-order valence-corrected chi connectivity index (χ4v) is 2.53. The summed E-state index contributed by atoms with van der Waals surface area (Å²) in [7, 11) is 0. The van der Waals surface area contributed by atoms with E-state index in [-0.39, 0.29) is 12.3 Å². The average Bonchev–Trinajstić information content (AvgIpc) is 2.38. The van der Waals surface area contributed by atoms with Crippen LogP contribution in [0.5, 0.6) is 0 Å². The third kappa shape index (κ3) is 3.90. The number of halogens is 2. The van der Waals surface area contributed by atoms with E-state index in [4.69, 9.17) is 28.9 Å². The second-order valence-electron chi connectivity index (χ2n) is 5.00. The highest BCUT2D eigenvalue weighted by molar-refractivity contribution is 6.42. The van der Waals surface area contributed by atoms with Gasteiger partial charge >= 0.3 is 0 Å². The Morgan fingerprint density at radius 3 is 2.29 bits per heavy atom. The summed E-state index contributed by atoms with van der Waals surface area (Å²) in [5, 5.41) is 3.84. The molecule has 0 aromatic heterocycles. The number of carbonyl (C=O) groups is 1. The Morgan fingerprint density at radius 1 is 1.10 bits per heavy atom. The van der Waals surface area contributed by atoms with Crippen LogP contribution in [-0.2, 0) is 11.2 Å². The van der Waals surface area contributed by atoms with Crippen molar-refractivity contribution in [1.82, 2.24) is 0 Å². The van der Waals surface area contributed by atoms with Gasteiger partial charge in [-0.1, -0.05) is 29.3 Å². The Bertz CT molecular complexity index is 676. The zero-order valence-electron chi connectivity index (χ0n) is 11.8. The largest absolute Gasteiger partial charge is 0.399 e. The zero-order valence-corrected chi connectivity index (χ0v) is 13.3. The lowest BCUT2D eigenvalue weighted by Gasteiger charge is -2.13. The summed E-state index contributed by atoms with van der Waals surface area (Å²) in [6.45, 7) is 3.83. The highest BCUT2D eigenvalue weighted by Gasteiger charge is 2.10. The van der Waals surface area contributed by atoms with Crippen molar-refractivity contribution in [2.75, 3.05) is 11.1 Å². The van der Waals surface area contributed by atoms with Gasteiger partial charge in [-0.25, -0.2) is 0 Å². The van der Waals surface area contributed by atoms with Gasteiger partial charge in [0, 0.05) is 11.4 Å². The van der Waals surface area contributed by atoms with Crippen LogP contribution in [0.1, 0.15) is 16.7 Å². The quantitative estimate of drug-likeness (QED) is 0.824. The molecular weight excluding hydrogens is 307 g/mol. The standard InChI is InChI=1S/C16H16Cl2N2O/c1-9-5-12(19)6-10(2)16(9)20-15(21)8-11-3-4-13(17)14(18)7-11/h3-7H,8,19H2,1-2H3,(H,20,21). The van der Waals surface area contributed by atoms with E-state index in [0.717, 1.165) is 22.4 Å². The van der Waals surface area contributed by atoms with Crippen molar-refractivity contribution >= 4 is 40.5 Å². The predicted molar refractivity (Wildman–Crippen MR) is 89.1 cm³/mol. The molecule has 3 nitrogen and oxygen atoms in total. The van der Waals surface area contributed by atoms with Gasteiger partial charge in [-0.3, -0.25) is 4.79 Å². The SMILES string of the molecule is Cc1cc(N)cc(C)c1NC(=O)Cc1ccc(Cl)c(Cl)c1. The first-order valence-electron chi connectivity index (χ1n) is 6.47. The normalized spacial score (nSPS) is 10.5. The number of nitrogens with two attached hydrogens (primary N) is 1. The molecule has 0 saturated carbocycles. The number of anilines is 2.